The molecular formula is C6H20O8S2. The molecule has 10 heteroatoms. The lowest BCUT2D eigenvalue weighted by Gasteiger charge is -1.69. The monoisotopic (exact) mass is 284 g/mol. The highest BCUT2D eigenvalue weighted by atomic mass is 32.2. The first kappa shape index (κ1) is 24.8. The van der Waals surface area contributed by atoms with Gasteiger partial charge in [-0.1, -0.05) is 0 Å². The molecule has 0 aromatic heterocycles. The van der Waals surface area contributed by atoms with Crippen LogP contribution in [0.2, 0.25) is 0 Å². The van der Waals surface area contributed by atoms with Crippen LogP contribution in [0.15, 0.2) is 0 Å². The Kier molecular flexibility index (Phi) is 22.9. The van der Waals surface area contributed by atoms with E-state index in [-0.39, 0.29) is 13.2 Å². The first-order valence-corrected chi connectivity index (χ1v) is 7.59. The summed E-state index contributed by atoms with van der Waals surface area (Å²) < 4.78 is 51.7. The van der Waals surface area contributed by atoms with Gasteiger partial charge in [0.2, 0.25) is 0 Å². The van der Waals surface area contributed by atoms with Crippen molar-refractivity contribution in [2.24, 2.45) is 0 Å². The molecule has 0 radical (unpaired) electrons. The van der Waals surface area contributed by atoms with Gasteiger partial charge in [-0.05, 0) is 13.8 Å². The van der Waals surface area contributed by atoms with Crippen LogP contribution in [0.4, 0.5) is 0 Å². The zero-order chi connectivity index (χ0) is 14.4. The summed E-state index contributed by atoms with van der Waals surface area (Å²) in [6.07, 6.45) is 1.43. The Labute approximate surface area is 96.4 Å². The van der Waals surface area contributed by atoms with Crippen LogP contribution in [0, 0.1) is 0 Å². The Morgan fingerprint density at radius 3 is 0.750 bits per heavy atom. The average molecular weight is 284 g/mol. The summed E-state index contributed by atoms with van der Waals surface area (Å²) in [6, 6.07) is 0. The van der Waals surface area contributed by atoms with E-state index in [9.17, 15) is 16.8 Å². The number of aliphatic hydroxyl groups is 2. The number of hydrogen-bond acceptors (Lipinski definition) is 6. The van der Waals surface area contributed by atoms with Crippen molar-refractivity contribution in [2.45, 2.75) is 13.8 Å². The van der Waals surface area contributed by atoms with Crippen molar-refractivity contribution >= 4 is 20.2 Å². The molecule has 0 bridgehead atoms. The summed E-state index contributed by atoms with van der Waals surface area (Å²) in [5.41, 5.74) is 0. The number of aliphatic hydroxyl groups excluding tert-OH is 2. The smallest absolute Gasteiger partial charge is 0.261 e. The van der Waals surface area contributed by atoms with Crippen molar-refractivity contribution in [3.8, 4) is 0 Å². The van der Waals surface area contributed by atoms with Gasteiger partial charge in [0.15, 0.2) is 0 Å². The molecule has 0 aromatic rings. The molecule has 0 aliphatic rings. The van der Waals surface area contributed by atoms with E-state index < -0.39 is 20.2 Å². The van der Waals surface area contributed by atoms with Crippen LogP contribution in [-0.4, -0.2) is 61.9 Å². The van der Waals surface area contributed by atoms with E-state index in [0.717, 1.165) is 0 Å². The summed E-state index contributed by atoms with van der Waals surface area (Å²) in [4.78, 5) is 0. The molecule has 0 spiro atoms. The zero-order valence-electron chi connectivity index (χ0n) is 9.65. The highest BCUT2D eigenvalue weighted by molar-refractivity contribution is 7.85. The fourth-order valence-corrected chi connectivity index (χ4v) is 0. The topological polar surface area (TPSA) is 149 Å². The third kappa shape index (κ3) is 33000. The number of rotatable bonds is 0. The summed E-state index contributed by atoms with van der Waals surface area (Å²) in [7, 11) is -7.33. The van der Waals surface area contributed by atoms with Crippen LogP contribution in [0.1, 0.15) is 13.8 Å². The second-order valence-electron chi connectivity index (χ2n) is 2.10. The van der Waals surface area contributed by atoms with E-state index in [4.69, 9.17) is 19.3 Å². The molecule has 0 fully saturated rings. The Balaban J connectivity index is -0.0000000621. The largest absolute Gasteiger partial charge is 0.397 e. The van der Waals surface area contributed by atoms with Crippen LogP contribution in [-0.2, 0) is 20.2 Å². The van der Waals surface area contributed by atoms with Crippen molar-refractivity contribution in [2.75, 3.05) is 25.7 Å². The Morgan fingerprint density at radius 1 is 0.750 bits per heavy atom. The van der Waals surface area contributed by atoms with E-state index in [1.54, 1.807) is 13.8 Å². The van der Waals surface area contributed by atoms with Crippen LogP contribution >= 0.6 is 0 Å². The van der Waals surface area contributed by atoms with Gasteiger partial charge < -0.3 is 10.2 Å². The lowest BCUT2D eigenvalue weighted by atomic mass is 10.9. The van der Waals surface area contributed by atoms with E-state index in [1.165, 1.54) is 0 Å². The van der Waals surface area contributed by atoms with Gasteiger partial charge in [0.05, 0.1) is 12.5 Å². The first-order chi connectivity index (χ1) is 6.83. The maximum Gasteiger partial charge on any atom is 0.261 e. The van der Waals surface area contributed by atoms with E-state index >= 15 is 0 Å². The molecule has 0 aliphatic carbocycles. The van der Waals surface area contributed by atoms with Gasteiger partial charge in [-0.3, -0.25) is 9.11 Å². The van der Waals surface area contributed by atoms with Crippen molar-refractivity contribution in [3.63, 3.8) is 0 Å². The molecule has 0 rings (SSSR count). The van der Waals surface area contributed by atoms with Crippen LogP contribution < -0.4 is 0 Å². The Bertz CT molecular complexity index is 242. The molecule has 0 aliphatic heterocycles. The molecule has 0 unspecified atom stereocenters. The quantitative estimate of drug-likeness (QED) is 0.414. The highest BCUT2D eigenvalue weighted by Crippen LogP contribution is 1.60. The standard InChI is InChI=1S/2C2H6O.2CH4O3S/c2*1-2-3;2*1-5(2,3)4/h2*3H,2H2,1H3;2*1H3,(H,2,3,4). The normalized spacial score (nSPS) is 9.50. The number of hydrogen-bond donors (Lipinski definition) is 4. The fraction of sp³-hybridized carbons (Fsp3) is 1.00. The van der Waals surface area contributed by atoms with E-state index in [1.807, 2.05) is 0 Å². The van der Waals surface area contributed by atoms with Gasteiger partial charge in [0.1, 0.15) is 0 Å². The molecule has 0 amide bonds. The van der Waals surface area contributed by atoms with Crippen molar-refractivity contribution in [3.05, 3.63) is 0 Å². The molecule has 8 nitrogen and oxygen atoms in total. The van der Waals surface area contributed by atoms with Crippen molar-refractivity contribution in [1.29, 1.82) is 0 Å². The summed E-state index contributed by atoms with van der Waals surface area (Å²) >= 11 is 0. The van der Waals surface area contributed by atoms with Gasteiger partial charge in [-0.25, -0.2) is 0 Å². The van der Waals surface area contributed by atoms with Crippen LogP contribution in [0.25, 0.3) is 0 Å². The van der Waals surface area contributed by atoms with Gasteiger partial charge in [-0.2, -0.15) is 16.8 Å². The lowest BCUT2D eigenvalue weighted by molar-refractivity contribution is 0.318. The molecule has 0 saturated heterocycles. The summed E-state index contributed by atoms with van der Waals surface area (Å²) in [5.74, 6) is 0. The Morgan fingerprint density at radius 2 is 0.750 bits per heavy atom. The maximum atomic E-state index is 9.19. The van der Waals surface area contributed by atoms with Gasteiger partial charge in [0.25, 0.3) is 20.2 Å². The second-order valence-corrected chi connectivity index (χ2v) is 5.03. The highest BCUT2D eigenvalue weighted by Gasteiger charge is 1.81. The van der Waals surface area contributed by atoms with E-state index in [0.29, 0.717) is 12.5 Å². The first-order valence-electron chi connectivity index (χ1n) is 3.89. The third-order valence-electron chi connectivity index (χ3n) is 0. The van der Waals surface area contributed by atoms with Gasteiger partial charge in [0, 0.05) is 13.2 Å². The van der Waals surface area contributed by atoms with Gasteiger partial charge >= 0.3 is 0 Å². The third-order valence-corrected chi connectivity index (χ3v) is 0. The molecule has 0 heterocycles. The summed E-state index contributed by atoms with van der Waals surface area (Å²) in [6.45, 7) is 3.86. The molecule has 0 saturated carbocycles. The minimum absolute atomic E-state index is 0.250. The predicted octanol–water partition coefficient (Wildman–Crippen LogP) is -0.995. The molecule has 16 heavy (non-hydrogen) atoms. The second kappa shape index (κ2) is 14.7. The zero-order valence-corrected chi connectivity index (χ0v) is 11.3. The van der Waals surface area contributed by atoms with E-state index in [2.05, 4.69) is 0 Å². The molecule has 4 N–H and O–H groups in total. The summed E-state index contributed by atoms with van der Waals surface area (Å²) in [5, 5.41) is 15.1. The molecular weight excluding hydrogens is 264 g/mol. The SMILES string of the molecule is CCO.CCO.CS(=O)(=O)O.CS(=O)(=O)O. The minimum atomic E-state index is -3.67. The van der Waals surface area contributed by atoms with Crippen molar-refractivity contribution in [1.82, 2.24) is 0 Å². The van der Waals surface area contributed by atoms with Crippen LogP contribution in [0.3, 0.4) is 0 Å². The molecule has 0 aromatic carbocycles. The maximum absolute atomic E-state index is 9.19. The van der Waals surface area contributed by atoms with Crippen molar-refractivity contribution < 1.29 is 36.2 Å². The molecule has 104 valence electrons. The van der Waals surface area contributed by atoms with Crippen LogP contribution in [0.5, 0.6) is 0 Å². The molecule has 0 atom stereocenters. The van der Waals surface area contributed by atoms with Gasteiger partial charge in [-0.15, -0.1) is 0 Å². The average Bonchev–Trinajstić information content (AvgIpc) is 1.79. The predicted molar refractivity (Wildman–Crippen MR) is 60.5 cm³/mol. The fourth-order valence-electron chi connectivity index (χ4n) is 0. The lowest BCUT2D eigenvalue weighted by Crippen LogP contribution is -1.88. The minimum Gasteiger partial charge on any atom is -0.397 e. The Hall–Kier alpha value is -0.260.